The van der Waals surface area contributed by atoms with Gasteiger partial charge in [0.1, 0.15) is 17.6 Å². The number of hydrogen-bond donors (Lipinski definition) is 2. The molecule has 7 heteroatoms. The fourth-order valence-corrected chi connectivity index (χ4v) is 5.15. The average molecular weight is 444 g/mol. The summed E-state index contributed by atoms with van der Waals surface area (Å²) in [4.78, 5) is 26.9. The summed E-state index contributed by atoms with van der Waals surface area (Å²) in [5, 5.41) is 6.23. The number of fused-ring (bicyclic) bond motifs is 1. The van der Waals surface area contributed by atoms with Gasteiger partial charge in [-0.2, -0.15) is 0 Å². The molecule has 0 aromatic heterocycles. The molecule has 32 heavy (non-hydrogen) atoms. The van der Waals surface area contributed by atoms with E-state index in [0.29, 0.717) is 44.6 Å². The van der Waals surface area contributed by atoms with E-state index in [0.717, 1.165) is 54.7 Å². The topological polar surface area (TPSA) is 79.9 Å². The van der Waals surface area contributed by atoms with Gasteiger partial charge < -0.3 is 25.0 Å². The lowest BCUT2D eigenvalue weighted by Crippen LogP contribution is -2.45. The molecule has 0 radical (unpaired) electrons. The normalized spacial score (nSPS) is 21.2. The van der Waals surface area contributed by atoms with Gasteiger partial charge in [0.25, 0.3) is 0 Å². The fraction of sp³-hybridized carbons (Fsp3) is 0.680. The molecule has 1 aromatic carbocycles. The second-order valence-electron chi connectivity index (χ2n) is 9.48. The van der Waals surface area contributed by atoms with Gasteiger partial charge in [-0.3, -0.25) is 4.79 Å². The summed E-state index contributed by atoms with van der Waals surface area (Å²) >= 11 is 0. The summed E-state index contributed by atoms with van der Waals surface area (Å²) in [6.07, 6.45) is 8.07. The molecule has 2 heterocycles. The number of nitrogens with zero attached hydrogens (tertiary/aromatic N) is 1. The Hall–Kier alpha value is -2.44. The van der Waals surface area contributed by atoms with E-state index in [-0.39, 0.29) is 18.0 Å². The summed E-state index contributed by atoms with van der Waals surface area (Å²) in [6.45, 7) is 6.39. The molecule has 1 saturated carbocycles. The zero-order valence-corrected chi connectivity index (χ0v) is 19.5. The highest BCUT2D eigenvalue weighted by molar-refractivity contribution is 5.77. The molecule has 4 rings (SSSR count). The first-order valence-corrected chi connectivity index (χ1v) is 12.3. The molecule has 7 nitrogen and oxygen atoms in total. The minimum atomic E-state index is -0.0592. The maximum absolute atomic E-state index is 12.7. The van der Waals surface area contributed by atoms with Crippen molar-refractivity contribution in [2.45, 2.75) is 83.9 Å². The average Bonchev–Trinajstić information content (AvgIpc) is 3.40. The molecular formula is C25H37N3O4. The van der Waals surface area contributed by atoms with Gasteiger partial charge in [0, 0.05) is 49.6 Å². The standard InChI is InChI=1S/C25H37N3O4/c1-3-31-22-14-19-12-17(2)32-23(19)15-20(22)16-26-25(30)28-10-8-18(9-11-28)13-24(29)27-21-6-4-5-7-21/h14-15,17-18,21H,3-13,16H2,1-2H3,(H,26,30)(H,27,29). The number of ether oxygens (including phenoxy) is 2. The van der Waals surface area contributed by atoms with Gasteiger partial charge in [0.15, 0.2) is 0 Å². The van der Waals surface area contributed by atoms with Crippen molar-refractivity contribution in [1.29, 1.82) is 0 Å². The van der Waals surface area contributed by atoms with Crippen LogP contribution in [0.4, 0.5) is 4.79 Å². The first kappa shape index (κ1) is 22.7. The third kappa shape index (κ3) is 5.67. The van der Waals surface area contributed by atoms with Crippen LogP contribution < -0.4 is 20.1 Å². The number of nitrogens with one attached hydrogen (secondary N) is 2. The van der Waals surface area contributed by atoms with Crippen molar-refractivity contribution in [2.24, 2.45) is 5.92 Å². The molecule has 2 fully saturated rings. The van der Waals surface area contributed by atoms with E-state index in [1.54, 1.807) is 0 Å². The summed E-state index contributed by atoms with van der Waals surface area (Å²) < 4.78 is 11.7. The smallest absolute Gasteiger partial charge is 0.317 e. The second kappa shape index (κ2) is 10.5. The summed E-state index contributed by atoms with van der Waals surface area (Å²) in [6, 6.07) is 4.37. The van der Waals surface area contributed by atoms with Crippen LogP contribution in [0.2, 0.25) is 0 Å². The number of carbonyl (C=O) groups is 2. The predicted molar refractivity (Wildman–Crippen MR) is 123 cm³/mol. The molecule has 1 aliphatic carbocycles. The Labute approximate surface area is 191 Å². The second-order valence-corrected chi connectivity index (χ2v) is 9.48. The Morgan fingerprint density at radius 2 is 1.91 bits per heavy atom. The third-order valence-electron chi connectivity index (χ3n) is 6.91. The molecule has 1 atom stereocenters. The first-order chi connectivity index (χ1) is 15.5. The van der Waals surface area contributed by atoms with Crippen molar-refractivity contribution >= 4 is 11.9 Å². The van der Waals surface area contributed by atoms with Crippen molar-refractivity contribution in [3.63, 3.8) is 0 Å². The molecule has 3 aliphatic rings. The van der Waals surface area contributed by atoms with Gasteiger partial charge in [0.2, 0.25) is 5.91 Å². The quantitative estimate of drug-likeness (QED) is 0.672. The fourth-order valence-electron chi connectivity index (χ4n) is 5.15. The predicted octanol–water partition coefficient (Wildman–Crippen LogP) is 3.78. The van der Waals surface area contributed by atoms with Crippen LogP contribution in [0.5, 0.6) is 11.5 Å². The van der Waals surface area contributed by atoms with Crippen LogP contribution in [0.3, 0.4) is 0 Å². The summed E-state index contributed by atoms with van der Waals surface area (Å²) in [7, 11) is 0. The number of urea groups is 1. The van der Waals surface area contributed by atoms with Crippen molar-refractivity contribution in [3.05, 3.63) is 23.3 Å². The minimum Gasteiger partial charge on any atom is -0.494 e. The van der Waals surface area contributed by atoms with E-state index in [4.69, 9.17) is 9.47 Å². The van der Waals surface area contributed by atoms with Gasteiger partial charge in [0.05, 0.1) is 6.61 Å². The number of likely N-dealkylation sites (tertiary alicyclic amines) is 1. The minimum absolute atomic E-state index is 0.0592. The van der Waals surface area contributed by atoms with Crippen LogP contribution in [0.25, 0.3) is 0 Å². The van der Waals surface area contributed by atoms with Crippen LogP contribution in [0.1, 0.15) is 69.9 Å². The zero-order valence-electron chi connectivity index (χ0n) is 19.5. The van der Waals surface area contributed by atoms with Gasteiger partial charge in [-0.1, -0.05) is 12.8 Å². The molecule has 0 spiro atoms. The highest BCUT2D eigenvalue weighted by Gasteiger charge is 2.26. The highest BCUT2D eigenvalue weighted by Crippen LogP contribution is 2.35. The molecule has 1 aromatic rings. The number of hydrogen-bond acceptors (Lipinski definition) is 4. The van der Waals surface area contributed by atoms with Crippen molar-refractivity contribution in [3.8, 4) is 11.5 Å². The lowest BCUT2D eigenvalue weighted by atomic mass is 9.93. The zero-order chi connectivity index (χ0) is 22.5. The number of carbonyl (C=O) groups excluding carboxylic acids is 2. The first-order valence-electron chi connectivity index (χ1n) is 12.3. The Morgan fingerprint density at radius 1 is 1.16 bits per heavy atom. The van der Waals surface area contributed by atoms with E-state index < -0.39 is 0 Å². The Morgan fingerprint density at radius 3 is 2.62 bits per heavy atom. The van der Waals surface area contributed by atoms with Gasteiger partial charge in [-0.15, -0.1) is 0 Å². The number of benzene rings is 1. The highest BCUT2D eigenvalue weighted by atomic mass is 16.5. The third-order valence-corrected chi connectivity index (χ3v) is 6.91. The number of piperidine rings is 1. The molecule has 2 N–H and O–H groups in total. The lowest BCUT2D eigenvalue weighted by molar-refractivity contribution is -0.123. The molecule has 176 valence electrons. The molecule has 0 bridgehead atoms. The summed E-state index contributed by atoms with van der Waals surface area (Å²) in [5.41, 5.74) is 2.10. The summed E-state index contributed by atoms with van der Waals surface area (Å²) in [5.74, 6) is 2.25. The van der Waals surface area contributed by atoms with Crippen LogP contribution in [0.15, 0.2) is 12.1 Å². The Bertz CT molecular complexity index is 814. The van der Waals surface area contributed by atoms with E-state index in [1.165, 1.54) is 12.8 Å². The van der Waals surface area contributed by atoms with Crippen LogP contribution in [0, 0.1) is 5.92 Å². The number of amides is 3. The van der Waals surface area contributed by atoms with Gasteiger partial charge in [-0.05, 0) is 57.6 Å². The van der Waals surface area contributed by atoms with Crippen LogP contribution >= 0.6 is 0 Å². The monoisotopic (exact) mass is 443 g/mol. The molecule has 1 saturated heterocycles. The van der Waals surface area contributed by atoms with E-state index in [9.17, 15) is 9.59 Å². The van der Waals surface area contributed by atoms with E-state index in [1.807, 2.05) is 24.0 Å². The number of rotatable bonds is 7. The van der Waals surface area contributed by atoms with E-state index in [2.05, 4.69) is 17.6 Å². The SMILES string of the molecule is CCOc1cc2c(cc1CNC(=O)N1CCC(CC(=O)NC3CCCC3)CC1)OC(C)C2. The Kier molecular flexibility index (Phi) is 7.43. The maximum atomic E-state index is 12.7. The molecule has 2 aliphatic heterocycles. The maximum Gasteiger partial charge on any atom is 0.317 e. The van der Waals surface area contributed by atoms with Crippen molar-refractivity contribution < 1.29 is 19.1 Å². The van der Waals surface area contributed by atoms with Gasteiger partial charge in [-0.25, -0.2) is 4.79 Å². The molecule has 3 amide bonds. The van der Waals surface area contributed by atoms with Crippen LogP contribution in [-0.4, -0.2) is 48.7 Å². The largest absolute Gasteiger partial charge is 0.494 e. The van der Waals surface area contributed by atoms with Crippen LogP contribution in [-0.2, 0) is 17.8 Å². The lowest BCUT2D eigenvalue weighted by Gasteiger charge is -2.32. The van der Waals surface area contributed by atoms with E-state index >= 15 is 0 Å². The van der Waals surface area contributed by atoms with Crippen molar-refractivity contribution in [2.75, 3.05) is 19.7 Å². The van der Waals surface area contributed by atoms with Crippen molar-refractivity contribution in [1.82, 2.24) is 15.5 Å². The Balaban J connectivity index is 1.24. The van der Waals surface area contributed by atoms with Gasteiger partial charge >= 0.3 is 6.03 Å². The molecule has 1 unspecified atom stereocenters. The molecular weight excluding hydrogens is 406 g/mol.